The van der Waals surface area contributed by atoms with Gasteiger partial charge in [0.05, 0.1) is 31.2 Å². The van der Waals surface area contributed by atoms with E-state index in [1.165, 1.54) is 16.3 Å². The zero-order valence-electron chi connectivity index (χ0n) is 18.5. The first-order chi connectivity index (χ1) is 16.0. The van der Waals surface area contributed by atoms with Crippen LogP contribution in [0.25, 0.3) is 16.7 Å². The second kappa shape index (κ2) is 9.83. The van der Waals surface area contributed by atoms with Gasteiger partial charge in [0, 0.05) is 17.8 Å². The Balaban J connectivity index is 1.55. The fraction of sp³-hybridized carbons (Fsp3) is 0.208. The van der Waals surface area contributed by atoms with Crippen LogP contribution in [-0.4, -0.2) is 40.4 Å². The van der Waals surface area contributed by atoms with Gasteiger partial charge < -0.3 is 19.8 Å². The van der Waals surface area contributed by atoms with E-state index in [4.69, 9.17) is 9.47 Å². The highest BCUT2D eigenvalue weighted by atomic mass is 32.2. The molecular formula is C24H24N4O4S. The number of methoxy groups -OCH3 is 2. The predicted molar refractivity (Wildman–Crippen MR) is 129 cm³/mol. The molecule has 0 radical (unpaired) electrons. The summed E-state index contributed by atoms with van der Waals surface area (Å²) >= 11 is 1.21. The zero-order chi connectivity index (χ0) is 23.4. The summed E-state index contributed by atoms with van der Waals surface area (Å²) in [4.78, 5) is 33.6. The minimum atomic E-state index is -0.205. The lowest BCUT2D eigenvalue weighted by atomic mass is 10.2. The average molecular weight is 465 g/mol. The number of benzene rings is 2. The molecule has 0 fully saturated rings. The van der Waals surface area contributed by atoms with Gasteiger partial charge in [-0.25, -0.2) is 4.98 Å². The average Bonchev–Trinajstić information content (AvgIpc) is 3.22. The minimum absolute atomic E-state index is 0.0977. The standard InChI is InChI=1S/C24H24N4O4S/c1-15-12-18-21(26-15)23(30)28(17-9-5-4-6-10-17)24(27-18)33-14-20(29)25-13-16-8-7-11-19(31-2)22(16)32-3/h4-12,26H,13-14H2,1-3H3,(H,25,29). The number of carbonyl (C=O) groups is 1. The number of aromatic nitrogens is 3. The van der Waals surface area contributed by atoms with Crippen molar-refractivity contribution in [2.24, 2.45) is 0 Å². The number of rotatable bonds is 8. The number of aromatic amines is 1. The molecule has 170 valence electrons. The van der Waals surface area contributed by atoms with Crippen molar-refractivity contribution in [1.82, 2.24) is 19.9 Å². The summed E-state index contributed by atoms with van der Waals surface area (Å²) in [5, 5.41) is 3.34. The molecular weight excluding hydrogens is 440 g/mol. The Morgan fingerprint density at radius 3 is 2.64 bits per heavy atom. The van der Waals surface area contributed by atoms with E-state index in [1.807, 2.05) is 55.5 Å². The summed E-state index contributed by atoms with van der Waals surface area (Å²) in [7, 11) is 3.13. The number of amides is 1. The van der Waals surface area contributed by atoms with E-state index in [2.05, 4.69) is 15.3 Å². The number of hydrogen-bond acceptors (Lipinski definition) is 6. The summed E-state index contributed by atoms with van der Waals surface area (Å²) in [5.74, 6) is 1.09. The SMILES string of the molecule is COc1cccc(CNC(=O)CSc2nc3cc(C)[nH]c3c(=O)n2-c2ccccc2)c1OC. The maximum Gasteiger partial charge on any atom is 0.283 e. The fourth-order valence-electron chi connectivity index (χ4n) is 3.55. The Morgan fingerprint density at radius 1 is 1.12 bits per heavy atom. The summed E-state index contributed by atoms with van der Waals surface area (Å²) in [6.07, 6.45) is 0. The van der Waals surface area contributed by atoms with Gasteiger partial charge in [-0.05, 0) is 31.2 Å². The normalized spacial score (nSPS) is 10.9. The highest BCUT2D eigenvalue weighted by Gasteiger charge is 2.17. The number of ether oxygens (including phenoxy) is 2. The van der Waals surface area contributed by atoms with Gasteiger partial charge in [-0.2, -0.15) is 0 Å². The molecule has 9 heteroatoms. The summed E-state index contributed by atoms with van der Waals surface area (Å²) in [6, 6.07) is 16.6. The first-order valence-corrected chi connectivity index (χ1v) is 11.3. The molecule has 0 aliphatic carbocycles. The van der Waals surface area contributed by atoms with E-state index >= 15 is 0 Å². The lowest BCUT2D eigenvalue weighted by Crippen LogP contribution is -2.26. The van der Waals surface area contributed by atoms with E-state index in [1.54, 1.807) is 20.3 Å². The van der Waals surface area contributed by atoms with E-state index in [-0.39, 0.29) is 23.8 Å². The van der Waals surface area contributed by atoms with Gasteiger partial charge in [-0.1, -0.05) is 42.1 Å². The third-order valence-electron chi connectivity index (χ3n) is 5.06. The molecule has 0 unspecified atom stereocenters. The van der Waals surface area contributed by atoms with Gasteiger partial charge in [0.25, 0.3) is 5.56 Å². The molecule has 1 amide bonds. The molecule has 8 nitrogen and oxygen atoms in total. The molecule has 2 aromatic heterocycles. The van der Waals surface area contributed by atoms with E-state index < -0.39 is 0 Å². The Labute approximate surface area is 194 Å². The second-order valence-corrected chi connectivity index (χ2v) is 8.24. The molecule has 4 aromatic rings. The third kappa shape index (κ3) is 4.73. The van der Waals surface area contributed by atoms with Crippen LogP contribution in [0.3, 0.4) is 0 Å². The van der Waals surface area contributed by atoms with Gasteiger partial charge in [0.1, 0.15) is 5.52 Å². The molecule has 33 heavy (non-hydrogen) atoms. The van der Waals surface area contributed by atoms with Crippen LogP contribution in [0.1, 0.15) is 11.3 Å². The highest BCUT2D eigenvalue weighted by molar-refractivity contribution is 7.99. The van der Waals surface area contributed by atoms with Crippen molar-refractivity contribution >= 4 is 28.7 Å². The highest BCUT2D eigenvalue weighted by Crippen LogP contribution is 2.30. The Bertz CT molecular complexity index is 1350. The predicted octanol–water partition coefficient (Wildman–Crippen LogP) is 3.45. The molecule has 0 atom stereocenters. The first kappa shape index (κ1) is 22.5. The maximum atomic E-state index is 13.2. The molecule has 0 saturated carbocycles. The Hall–Kier alpha value is -3.72. The number of nitrogens with zero attached hydrogens (tertiary/aromatic N) is 2. The number of aryl methyl sites for hydroxylation is 1. The van der Waals surface area contributed by atoms with Crippen LogP contribution in [0.5, 0.6) is 11.5 Å². The van der Waals surface area contributed by atoms with Crippen molar-refractivity contribution < 1.29 is 14.3 Å². The van der Waals surface area contributed by atoms with Crippen molar-refractivity contribution in [3.63, 3.8) is 0 Å². The van der Waals surface area contributed by atoms with Gasteiger partial charge in [0.2, 0.25) is 5.91 Å². The quantitative estimate of drug-likeness (QED) is 0.306. The van der Waals surface area contributed by atoms with Crippen LogP contribution >= 0.6 is 11.8 Å². The van der Waals surface area contributed by atoms with Gasteiger partial charge in [0.15, 0.2) is 16.7 Å². The minimum Gasteiger partial charge on any atom is -0.493 e. The second-order valence-electron chi connectivity index (χ2n) is 7.30. The van der Waals surface area contributed by atoms with Crippen molar-refractivity contribution in [3.05, 3.63) is 76.2 Å². The third-order valence-corrected chi connectivity index (χ3v) is 6.00. The van der Waals surface area contributed by atoms with Crippen molar-refractivity contribution in [2.75, 3.05) is 20.0 Å². The van der Waals surface area contributed by atoms with Crippen molar-refractivity contribution in [1.29, 1.82) is 0 Å². The van der Waals surface area contributed by atoms with Crippen LogP contribution in [0.4, 0.5) is 0 Å². The smallest absolute Gasteiger partial charge is 0.283 e. The molecule has 2 N–H and O–H groups in total. The van der Waals surface area contributed by atoms with Crippen molar-refractivity contribution in [2.45, 2.75) is 18.6 Å². The van der Waals surface area contributed by atoms with E-state index in [0.717, 1.165) is 11.3 Å². The monoisotopic (exact) mass is 464 g/mol. The van der Waals surface area contributed by atoms with Crippen LogP contribution in [0.2, 0.25) is 0 Å². The molecule has 2 heterocycles. The zero-order valence-corrected chi connectivity index (χ0v) is 19.4. The van der Waals surface area contributed by atoms with Crippen LogP contribution in [-0.2, 0) is 11.3 Å². The van der Waals surface area contributed by atoms with Crippen LogP contribution in [0, 0.1) is 6.92 Å². The van der Waals surface area contributed by atoms with Crippen LogP contribution < -0.4 is 20.3 Å². The number of thioether (sulfide) groups is 1. The topological polar surface area (TPSA) is 98.2 Å². The number of hydrogen-bond donors (Lipinski definition) is 2. The molecule has 0 aliphatic heterocycles. The lowest BCUT2D eigenvalue weighted by Gasteiger charge is -2.14. The number of carbonyl (C=O) groups excluding carboxylic acids is 1. The largest absolute Gasteiger partial charge is 0.493 e. The summed E-state index contributed by atoms with van der Waals surface area (Å²) in [5.41, 5.74) is 3.15. The molecule has 0 bridgehead atoms. The van der Waals surface area contributed by atoms with Crippen LogP contribution in [0.15, 0.2) is 64.5 Å². The number of H-pyrrole nitrogens is 1. The summed E-state index contributed by atoms with van der Waals surface area (Å²) < 4.78 is 12.3. The molecule has 0 spiro atoms. The first-order valence-electron chi connectivity index (χ1n) is 10.3. The molecule has 4 rings (SSSR count). The maximum absolute atomic E-state index is 13.2. The van der Waals surface area contributed by atoms with Crippen molar-refractivity contribution in [3.8, 4) is 17.2 Å². The number of fused-ring (bicyclic) bond motifs is 1. The van der Waals surface area contributed by atoms with E-state index in [0.29, 0.717) is 33.4 Å². The Morgan fingerprint density at radius 2 is 1.91 bits per heavy atom. The van der Waals surface area contributed by atoms with E-state index in [9.17, 15) is 9.59 Å². The number of para-hydroxylation sites is 2. The Kier molecular flexibility index (Phi) is 6.69. The molecule has 2 aromatic carbocycles. The van der Waals surface area contributed by atoms with Gasteiger partial charge in [-0.3, -0.25) is 14.2 Å². The lowest BCUT2D eigenvalue weighted by molar-refractivity contribution is -0.118. The number of nitrogens with one attached hydrogen (secondary N) is 2. The fourth-order valence-corrected chi connectivity index (χ4v) is 4.39. The molecule has 0 aliphatic rings. The summed E-state index contributed by atoms with van der Waals surface area (Å²) in [6.45, 7) is 2.16. The van der Waals surface area contributed by atoms with Gasteiger partial charge in [-0.15, -0.1) is 0 Å². The molecule has 0 saturated heterocycles. The van der Waals surface area contributed by atoms with Gasteiger partial charge >= 0.3 is 0 Å².